The van der Waals surface area contributed by atoms with Crippen LogP contribution >= 0.6 is 11.6 Å². The second-order valence-electron chi connectivity index (χ2n) is 4.91. The lowest BCUT2D eigenvalue weighted by Gasteiger charge is -1.99. The number of anilines is 1. The van der Waals surface area contributed by atoms with Crippen LogP contribution in [0.15, 0.2) is 36.7 Å². The number of carbonyl (C=O) groups excluding carboxylic acids is 1. The highest BCUT2D eigenvalue weighted by atomic mass is 35.5. The number of nitrogens with zero attached hydrogens (tertiary/aromatic N) is 3. The van der Waals surface area contributed by atoms with E-state index < -0.39 is 5.97 Å². The molecule has 2 heterocycles. The molecule has 0 saturated carbocycles. The normalized spacial score (nSPS) is 10.2. The number of nitrogen functional groups attached to an aromatic ring is 1. The monoisotopic (exact) mass is 340 g/mol. The van der Waals surface area contributed by atoms with E-state index in [0.717, 1.165) is 0 Å². The molecule has 2 aromatic heterocycles. The summed E-state index contributed by atoms with van der Waals surface area (Å²) in [5.41, 5.74) is 8.10. The maximum Gasteiger partial charge on any atom is 0.352 e. The Bertz CT molecular complexity index is 971. The van der Waals surface area contributed by atoms with Gasteiger partial charge in [0, 0.05) is 29.6 Å². The van der Waals surface area contributed by atoms with Crippen LogP contribution in [0.3, 0.4) is 0 Å². The standard InChI is InChI=1S/C17H13ClN4O2/c1-2-22-15(16-13(19)9-12(18)10-14(16)21-22)5-8-24-17(23)11-3-6-20-7-4-11/h3-4,6-7,9-10H,2,19H2,1H3. The van der Waals surface area contributed by atoms with Crippen LogP contribution in [0.4, 0.5) is 5.69 Å². The lowest BCUT2D eigenvalue weighted by Crippen LogP contribution is -2.02. The van der Waals surface area contributed by atoms with Gasteiger partial charge in [0.15, 0.2) is 0 Å². The SMILES string of the molecule is CCn1nc2cc(Cl)cc(N)c2c1C#COC(=O)c1ccncc1. The third kappa shape index (κ3) is 3.03. The molecule has 6 nitrogen and oxygen atoms in total. The van der Waals surface area contributed by atoms with Gasteiger partial charge in [0.05, 0.1) is 16.5 Å². The van der Waals surface area contributed by atoms with Crippen LogP contribution in [0.5, 0.6) is 0 Å². The third-order valence-electron chi connectivity index (χ3n) is 3.36. The fourth-order valence-corrected chi connectivity index (χ4v) is 2.50. The van der Waals surface area contributed by atoms with E-state index in [-0.39, 0.29) is 0 Å². The van der Waals surface area contributed by atoms with Crippen molar-refractivity contribution >= 4 is 34.2 Å². The van der Waals surface area contributed by atoms with Gasteiger partial charge in [0.1, 0.15) is 11.8 Å². The Labute approximate surface area is 143 Å². The van der Waals surface area contributed by atoms with Gasteiger partial charge in [0.2, 0.25) is 0 Å². The van der Waals surface area contributed by atoms with Crippen LogP contribution in [-0.2, 0) is 11.3 Å². The summed E-state index contributed by atoms with van der Waals surface area (Å²) < 4.78 is 6.66. The highest BCUT2D eigenvalue weighted by molar-refractivity contribution is 6.31. The number of nitrogens with two attached hydrogens (primary N) is 1. The summed E-state index contributed by atoms with van der Waals surface area (Å²) in [4.78, 5) is 15.7. The average Bonchev–Trinajstić information content (AvgIpc) is 2.93. The fraction of sp³-hybridized carbons (Fsp3) is 0.118. The summed E-state index contributed by atoms with van der Waals surface area (Å²) in [6.45, 7) is 2.52. The van der Waals surface area contributed by atoms with Gasteiger partial charge in [-0.15, -0.1) is 0 Å². The molecular formula is C17H13ClN4O2. The Hall–Kier alpha value is -3.04. The van der Waals surface area contributed by atoms with Gasteiger partial charge in [-0.3, -0.25) is 9.67 Å². The summed E-state index contributed by atoms with van der Waals surface area (Å²) in [5, 5.41) is 5.60. The van der Waals surface area contributed by atoms with E-state index in [9.17, 15) is 4.79 Å². The molecule has 0 aliphatic heterocycles. The minimum absolute atomic E-state index is 0.374. The van der Waals surface area contributed by atoms with E-state index in [0.29, 0.717) is 39.4 Å². The number of hydrogen-bond acceptors (Lipinski definition) is 5. The van der Waals surface area contributed by atoms with Crippen molar-refractivity contribution < 1.29 is 9.53 Å². The molecule has 1 aromatic carbocycles. The number of pyridine rings is 1. The number of esters is 1. The predicted molar refractivity (Wildman–Crippen MR) is 91.4 cm³/mol. The van der Waals surface area contributed by atoms with Gasteiger partial charge < -0.3 is 10.5 Å². The van der Waals surface area contributed by atoms with Crippen molar-refractivity contribution in [1.82, 2.24) is 14.8 Å². The van der Waals surface area contributed by atoms with Crippen LogP contribution < -0.4 is 5.73 Å². The van der Waals surface area contributed by atoms with Gasteiger partial charge in [-0.25, -0.2) is 4.79 Å². The highest BCUT2D eigenvalue weighted by Crippen LogP contribution is 2.28. The number of rotatable bonds is 2. The molecule has 0 radical (unpaired) electrons. The third-order valence-corrected chi connectivity index (χ3v) is 3.58. The zero-order valence-electron chi connectivity index (χ0n) is 12.8. The number of fused-ring (bicyclic) bond motifs is 1. The fourth-order valence-electron chi connectivity index (χ4n) is 2.28. The molecule has 120 valence electrons. The highest BCUT2D eigenvalue weighted by Gasteiger charge is 2.13. The van der Waals surface area contributed by atoms with E-state index in [4.69, 9.17) is 22.1 Å². The van der Waals surface area contributed by atoms with E-state index >= 15 is 0 Å². The molecule has 0 bridgehead atoms. The molecule has 0 atom stereocenters. The number of carbonyl (C=O) groups is 1. The maximum absolute atomic E-state index is 11.9. The first kappa shape index (κ1) is 15.8. The Kier molecular flexibility index (Phi) is 4.36. The van der Waals surface area contributed by atoms with Crippen molar-refractivity contribution in [2.45, 2.75) is 13.5 Å². The number of ether oxygens (including phenoxy) is 1. The molecule has 0 spiro atoms. The topological polar surface area (TPSA) is 83.0 Å². The number of aryl methyl sites for hydroxylation is 1. The molecule has 2 N–H and O–H groups in total. The van der Waals surface area contributed by atoms with Crippen LogP contribution in [0.25, 0.3) is 10.9 Å². The van der Waals surface area contributed by atoms with Crippen molar-refractivity contribution in [3.05, 3.63) is 52.9 Å². The first-order chi connectivity index (χ1) is 11.6. The largest absolute Gasteiger partial charge is 0.398 e. The van der Waals surface area contributed by atoms with Crippen molar-refractivity contribution in [2.75, 3.05) is 5.73 Å². The van der Waals surface area contributed by atoms with Crippen molar-refractivity contribution in [1.29, 1.82) is 0 Å². The Morgan fingerprint density at radius 3 is 2.83 bits per heavy atom. The number of aromatic nitrogens is 3. The van der Waals surface area contributed by atoms with E-state index in [1.807, 2.05) is 6.92 Å². The Balaban J connectivity index is 1.95. The van der Waals surface area contributed by atoms with Crippen molar-refractivity contribution in [3.8, 4) is 12.0 Å². The lowest BCUT2D eigenvalue weighted by molar-refractivity contribution is 0.0690. The van der Waals surface area contributed by atoms with E-state index in [1.165, 1.54) is 12.4 Å². The summed E-state index contributed by atoms with van der Waals surface area (Å²) in [6.07, 6.45) is 5.44. The number of halogens is 1. The summed E-state index contributed by atoms with van der Waals surface area (Å²) in [6, 6.07) is 6.46. The van der Waals surface area contributed by atoms with Crippen LogP contribution in [0.2, 0.25) is 5.02 Å². The van der Waals surface area contributed by atoms with Gasteiger partial charge in [-0.05, 0) is 37.1 Å². The van der Waals surface area contributed by atoms with Gasteiger partial charge in [0.25, 0.3) is 0 Å². The predicted octanol–water partition coefficient (Wildman–Crippen LogP) is 2.85. The maximum atomic E-state index is 11.9. The molecule has 3 aromatic rings. The zero-order chi connectivity index (χ0) is 17.1. The van der Waals surface area contributed by atoms with Crippen LogP contribution in [0.1, 0.15) is 23.0 Å². The summed E-state index contributed by atoms with van der Waals surface area (Å²) in [5.74, 6) is 2.27. The first-order valence-corrected chi connectivity index (χ1v) is 7.55. The molecular weight excluding hydrogens is 328 g/mol. The second kappa shape index (κ2) is 6.60. The molecule has 0 saturated heterocycles. The van der Waals surface area contributed by atoms with Crippen LogP contribution in [-0.4, -0.2) is 20.7 Å². The van der Waals surface area contributed by atoms with Crippen molar-refractivity contribution in [2.24, 2.45) is 0 Å². The van der Waals surface area contributed by atoms with Gasteiger partial charge in [-0.1, -0.05) is 11.6 Å². The van der Waals surface area contributed by atoms with Gasteiger partial charge in [-0.2, -0.15) is 5.10 Å². The summed E-state index contributed by atoms with van der Waals surface area (Å²) in [7, 11) is 0. The smallest absolute Gasteiger partial charge is 0.352 e. The molecule has 0 unspecified atom stereocenters. The molecule has 0 fully saturated rings. The van der Waals surface area contributed by atoms with Crippen LogP contribution in [0, 0.1) is 12.0 Å². The summed E-state index contributed by atoms with van der Waals surface area (Å²) >= 11 is 6.00. The lowest BCUT2D eigenvalue weighted by atomic mass is 10.2. The number of hydrogen-bond donors (Lipinski definition) is 1. The van der Waals surface area contributed by atoms with Gasteiger partial charge >= 0.3 is 5.97 Å². The quantitative estimate of drug-likeness (QED) is 0.440. The first-order valence-electron chi connectivity index (χ1n) is 7.18. The number of benzene rings is 1. The molecule has 0 aliphatic rings. The average molecular weight is 341 g/mol. The minimum Gasteiger partial charge on any atom is -0.398 e. The molecule has 0 aliphatic carbocycles. The zero-order valence-corrected chi connectivity index (χ0v) is 13.5. The molecule has 7 heteroatoms. The van der Waals surface area contributed by atoms with E-state index in [2.05, 4.69) is 22.1 Å². The molecule has 24 heavy (non-hydrogen) atoms. The molecule has 3 rings (SSSR count). The Morgan fingerprint density at radius 2 is 2.12 bits per heavy atom. The van der Waals surface area contributed by atoms with Crippen molar-refractivity contribution in [3.63, 3.8) is 0 Å². The molecule has 0 amide bonds. The minimum atomic E-state index is -0.548. The Morgan fingerprint density at radius 1 is 1.38 bits per heavy atom. The second-order valence-corrected chi connectivity index (χ2v) is 5.34. The van der Waals surface area contributed by atoms with E-state index in [1.54, 1.807) is 28.9 Å².